The summed E-state index contributed by atoms with van der Waals surface area (Å²) < 4.78 is 128. The molecular formula is C31H31F10N5O3S4. The number of hydrogen-bond acceptors (Lipinski definition) is 7. The number of nitrogens with zero attached hydrogens (tertiary/aromatic N) is 4. The van der Waals surface area contributed by atoms with Crippen LogP contribution in [-0.4, -0.2) is 35.6 Å². The molecule has 0 saturated heterocycles. The third kappa shape index (κ3) is 10.3. The molecule has 0 fully saturated rings. The van der Waals surface area contributed by atoms with Crippen LogP contribution in [0.3, 0.4) is 0 Å². The molecule has 0 aliphatic rings. The van der Waals surface area contributed by atoms with Crippen LogP contribution in [0.4, 0.5) is 38.9 Å². The molecule has 4 aromatic heterocycles. The van der Waals surface area contributed by atoms with E-state index in [4.69, 9.17) is 10.8 Å². The average molecular weight is 840 g/mol. The number of carbonyl (C=O) groups excluding carboxylic acids is 1. The highest BCUT2D eigenvalue weighted by Crippen LogP contribution is 3.02. The summed E-state index contributed by atoms with van der Waals surface area (Å²) in [7, 11) is -19.2. The Labute approximate surface area is 303 Å². The van der Waals surface area contributed by atoms with Crippen LogP contribution in [0.5, 0.6) is 0 Å². The van der Waals surface area contributed by atoms with Crippen molar-refractivity contribution in [1.29, 1.82) is 0 Å². The largest absolute Gasteiger partial charge is 0.477 e. The Morgan fingerprint density at radius 1 is 0.660 bits per heavy atom. The van der Waals surface area contributed by atoms with E-state index >= 15 is 0 Å². The number of carboxylic acid groups (broad SMARTS) is 1. The fraction of sp³-hybridized carbons (Fsp3) is 0.226. The van der Waals surface area contributed by atoms with Crippen LogP contribution in [-0.2, 0) is 13.0 Å². The first-order valence-corrected chi connectivity index (χ1v) is 20.4. The molecule has 2 aromatic carbocycles. The first-order chi connectivity index (χ1) is 23.9. The maximum absolute atomic E-state index is 12.7. The fourth-order valence-corrected chi connectivity index (χ4v) is 7.94. The number of ketones is 1. The van der Waals surface area contributed by atoms with Gasteiger partial charge in [0.15, 0.2) is 21.4 Å². The lowest BCUT2D eigenvalue weighted by Gasteiger charge is -2.40. The maximum atomic E-state index is 12.7. The van der Waals surface area contributed by atoms with Gasteiger partial charge in [0.25, 0.3) is 0 Å². The molecule has 0 spiro atoms. The molecule has 0 bridgehead atoms. The minimum atomic E-state index is -9.66. The van der Waals surface area contributed by atoms with Crippen molar-refractivity contribution in [3.63, 3.8) is 0 Å². The molecular weight excluding hydrogens is 809 g/mol. The number of carbonyl (C=O) groups is 2. The SMILES string of the molecule is Cc1cn2c(C(=O)CCc3ccc(S(F)(F)(F)(F)F)cc3)c(C)nc2s1.Cc1cn2c(C(=O)O)c(C)nc2s1.NCc1ccc(S(F)(F)(F)(F)F)cc1. The third-order valence-electron chi connectivity index (χ3n) is 7.31. The standard InChI is InChI=1S/C16H15F5N2OS2.C8H8N2O2S.C7H8F5NS/c1-10-9-23-15(11(2)22-16(23)25-10)14(24)8-5-12-3-6-13(7-4-12)26(17,18,19,20)21;1-4-3-10-6(7(11)12)5(2)9-8(10)13-4;8-14(9,10,11,12)7-3-1-6(5-13)2-4-7/h3-4,6-7,9H,5,8H2,1-2H3;3H,1-2H3,(H,11,12);1-4H,5,13H2. The molecule has 0 atom stereocenters. The number of Topliss-reactive ketones (excluding diaryl/α,β-unsaturated/α-hetero) is 1. The zero-order valence-corrected chi connectivity index (χ0v) is 31.2. The maximum Gasteiger partial charge on any atom is 0.354 e. The second-order valence-corrected chi connectivity index (χ2v) is 19.0. The van der Waals surface area contributed by atoms with Gasteiger partial charge < -0.3 is 10.8 Å². The van der Waals surface area contributed by atoms with Crippen LogP contribution in [0, 0.1) is 27.7 Å². The number of fused-ring (bicyclic) bond motifs is 2. The number of imidazole rings is 2. The van der Waals surface area contributed by atoms with Gasteiger partial charge in [0.2, 0.25) is 0 Å². The van der Waals surface area contributed by atoms with Gasteiger partial charge in [0.05, 0.1) is 11.4 Å². The molecule has 4 heterocycles. The summed E-state index contributed by atoms with van der Waals surface area (Å²) in [6.45, 7) is 7.26. The van der Waals surface area contributed by atoms with Crippen molar-refractivity contribution in [2.45, 2.75) is 56.9 Å². The van der Waals surface area contributed by atoms with E-state index < -0.39 is 36.2 Å². The second kappa shape index (κ2) is 12.7. The van der Waals surface area contributed by atoms with Gasteiger partial charge in [-0.1, -0.05) is 63.1 Å². The van der Waals surface area contributed by atoms with Gasteiger partial charge >= 0.3 is 26.4 Å². The topological polar surface area (TPSA) is 115 Å². The highest BCUT2D eigenvalue weighted by atomic mass is 32.5. The number of aromatic nitrogens is 4. The van der Waals surface area contributed by atoms with Crippen LogP contribution in [0.2, 0.25) is 0 Å². The molecule has 0 saturated carbocycles. The molecule has 292 valence electrons. The number of thiazole rings is 2. The summed E-state index contributed by atoms with van der Waals surface area (Å²) in [6.07, 6.45) is 3.79. The van der Waals surface area contributed by atoms with Crippen LogP contribution in [0.25, 0.3) is 9.92 Å². The zero-order valence-electron chi connectivity index (χ0n) is 27.9. The number of aromatic carboxylic acids is 1. The summed E-state index contributed by atoms with van der Waals surface area (Å²) in [6, 6.07) is 5.27. The summed E-state index contributed by atoms with van der Waals surface area (Å²) in [4.78, 5) is 31.5. The Morgan fingerprint density at radius 3 is 1.42 bits per heavy atom. The Morgan fingerprint density at radius 2 is 1.04 bits per heavy atom. The molecule has 6 aromatic rings. The molecule has 0 aliphatic heterocycles. The highest BCUT2D eigenvalue weighted by Gasteiger charge is 2.66. The van der Waals surface area contributed by atoms with Crippen molar-refractivity contribution in [2.24, 2.45) is 5.73 Å². The number of hydrogen-bond donors (Lipinski definition) is 2. The van der Waals surface area contributed by atoms with E-state index in [1.165, 1.54) is 22.7 Å². The van der Waals surface area contributed by atoms with Gasteiger partial charge in [-0.25, -0.2) is 14.8 Å². The van der Waals surface area contributed by atoms with Gasteiger partial charge in [0, 0.05) is 35.1 Å². The lowest BCUT2D eigenvalue weighted by molar-refractivity contribution is 0.0688. The lowest BCUT2D eigenvalue weighted by Crippen LogP contribution is -2.07. The number of carboxylic acids is 1. The van der Waals surface area contributed by atoms with Gasteiger partial charge in [-0.05, 0) is 69.5 Å². The first kappa shape index (κ1) is 41.6. The molecule has 6 rings (SSSR count). The first-order valence-electron chi connectivity index (χ1n) is 14.9. The lowest BCUT2D eigenvalue weighted by atomic mass is 10.1. The van der Waals surface area contributed by atoms with Crippen molar-refractivity contribution in [1.82, 2.24) is 18.8 Å². The van der Waals surface area contributed by atoms with Crippen LogP contribution in [0.15, 0.2) is 70.7 Å². The Kier molecular flexibility index (Phi) is 10.0. The van der Waals surface area contributed by atoms with Crippen LogP contribution < -0.4 is 5.73 Å². The van der Waals surface area contributed by atoms with Gasteiger partial charge in [0.1, 0.15) is 15.5 Å². The van der Waals surface area contributed by atoms with E-state index in [1.807, 2.05) is 13.8 Å². The predicted octanol–water partition coefficient (Wildman–Crippen LogP) is 12.0. The summed E-state index contributed by atoms with van der Waals surface area (Å²) in [5, 5.41) is 8.91. The molecule has 0 aliphatic carbocycles. The summed E-state index contributed by atoms with van der Waals surface area (Å²) >= 11 is 2.94. The smallest absolute Gasteiger partial charge is 0.354 e. The minimum absolute atomic E-state index is 0.0145. The highest BCUT2D eigenvalue weighted by molar-refractivity contribution is 8.46. The number of rotatable bonds is 8. The van der Waals surface area contributed by atoms with E-state index in [1.54, 1.807) is 35.0 Å². The average Bonchev–Trinajstić information content (AvgIpc) is 3.71. The number of aryl methyl sites for hydroxylation is 5. The number of nitrogens with two attached hydrogens (primary N) is 1. The van der Waals surface area contributed by atoms with Crippen LogP contribution in [0.1, 0.15) is 59.7 Å². The van der Waals surface area contributed by atoms with Crippen molar-refractivity contribution < 1.29 is 53.6 Å². The van der Waals surface area contributed by atoms with Crippen LogP contribution >= 0.6 is 43.1 Å². The second-order valence-electron chi connectivity index (χ2n) is 11.7. The van der Waals surface area contributed by atoms with E-state index in [0.29, 0.717) is 57.4 Å². The molecule has 8 nitrogen and oxygen atoms in total. The van der Waals surface area contributed by atoms with E-state index in [-0.39, 0.29) is 30.9 Å². The van der Waals surface area contributed by atoms with E-state index in [2.05, 4.69) is 9.97 Å². The van der Waals surface area contributed by atoms with E-state index in [9.17, 15) is 48.4 Å². The van der Waals surface area contributed by atoms with Gasteiger partial charge in [-0.2, -0.15) is 0 Å². The normalized spacial score (nSPS) is 14.6. The monoisotopic (exact) mass is 839 g/mol. The summed E-state index contributed by atoms with van der Waals surface area (Å²) in [5.74, 6) is -1.13. The fourth-order valence-electron chi connectivity index (χ4n) is 4.89. The molecule has 53 heavy (non-hydrogen) atoms. The molecule has 0 amide bonds. The zero-order chi connectivity index (χ0) is 40.1. The predicted molar refractivity (Wildman–Crippen MR) is 188 cm³/mol. The Balaban J connectivity index is 0.000000196. The van der Waals surface area contributed by atoms with Gasteiger partial charge in [-0.15, -0.1) is 22.7 Å². The molecule has 0 radical (unpaired) electrons. The Hall–Kier alpha value is -4.12. The van der Waals surface area contributed by atoms with Crippen molar-refractivity contribution in [3.8, 4) is 0 Å². The number of halogens is 10. The van der Waals surface area contributed by atoms with Crippen molar-refractivity contribution >= 4 is 64.8 Å². The minimum Gasteiger partial charge on any atom is -0.477 e. The molecule has 22 heteroatoms. The molecule has 3 N–H and O–H groups in total. The van der Waals surface area contributed by atoms with Crippen molar-refractivity contribution in [2.75, 3.05) is 0 Å². The van der Waals surface area contributed by atoms with Crippen molar-refractivity contribution in [3.05, 3.63) is 105 Å². The molecule has 0 unspecified atom stereocenters. The summed E-state index contributed by atoms with van der Waals surface area (Å²) in [5.41, 5.74) is 7.72. The van der Waals surface area contributed by atoms with Gasteiger partial charge in [-0.3, -0.25) is 13.6 Å². The van der Waals surface area contributed by atoms with E-state index in [0.717, 1.165) is 39.0 Å². The third-order valence-corrected chi connectivity index (χ3v) is 11.4. The number of benzene rings is 2. The quantitative estimate of drug-likeness (QED) is 0.116. The Bertz CT molecular complexity index is 2330.